The van der Waals surface area contributed by atoms with Crippen molar-refractivity contribution < 1.29 is 4.39 Å². The third kappa shape index (κ3) is 2.83. The summed E-state index contributed by atoms with van der Waals surface area (Å²) in [4.78, 5) is 2.33. The van der Waals surface area contributed by atoms with Gasteiger partial charge in [-0.05, 0) is 44.9 Å². The molecule has 1 aromatic carbocycles. The monoisotopic (exact) mass is 250 g/mol. The second-order valence-electron chi connectivity index (χ2n) is 5.00. The molecule has 0 aromatic heterocycles. The summed E-state index contributed by atoms with van der Waals surface area (Å²) >= 11 is 0. The molecule has 1 aliphatic heterocycles. The van der Waals surface area contributed by atoms with Gasteiger partial charge in [-0.15, -0.1) is 0 Å². The first kappa shape index (κ1) is 13.3. The normalized spacial score (nSPS) is 17.8. The van der Waals surface area contributed by atoms with Crippen LogP contribution in [0.2, 0.25) is 0 Å². The molecule has 1 fully saturated rings. The second-order valence-corrected chi connectivity index (χ2v) is 5.00. The number of benzene rings is 1. The fourth-order valence-electron chi connectivity index (χ4n) is 2.77. The van der Waals surface area contributed by atoms with Crippen molar-refractivity contribution in [3.8, 4) is 0 Å². The lowest BCUT2D eigenvalue weighted by Gasteiger charge is -2.32. The first-order valence-electron chi connectivity index (χ1n) is 7.00. The highest BCUT2D eigenvalue weighted by atomic mass is 19.1. The Morgan fingerprint density at radius 2 is 2.00 bits per heavy atom. The van der Waals surface area contributed by atoms with E-state index in [1.807, 2.05) is 13.0 Å². The number of piperidine rings is 1. The summed E-state index contributed by atoms with van der Waals surface area (Å²) in [5.74, 6) is -0.0912. The van der Waals surface area contributed by atoms with Crippen molar-refractivity contribution in [3.05, 3.63) is 29.6 Å². The molecule has 1 N–H and O–H groups in total. The van der Waals surface area contributed by atoms with Crippen LogP contribution < -0.4 is 10.2 Å². The van der Waals surface area contributed by atoms with Gasteiger partial charge in [0.05, 0.1) is 0 Å². The molecule has 1 heterocycles. The molecule has 3 heteroatoms. The number of halogens is 1. The van der Waals surface area contributed by atoms with Gasteiger partial charge >= 0.3 is 0 Å². The van der Waals surface area contributed by atoms with Crippen LogP contribution in [0.25, 0.3) is 0 Å². The SMILES string of the molecule is CCNC(C)c1c(F)cccc1N1CCCCC1. The van der Waals surface area contributed by atoms with Gasteiger partial charge in [-0.1, -0.05) is 13.0 Å². The molecule has 100 valence electrons. The molecule has 0 bridgehead atoms. The maximum absolute atomic E-state index is 14.1. The largest absolute Gasteiger partial charge is 0.371 e. The molecule has 18 heavy (non-hydrogen) atoms. The Balaban J connectivity index is 2.30. The van der Waals surface area contributed by atoms with Crippen molar-refractivity contribution in [1.82, 2.24) is 5.32 Å². The molecular weight excluding hydrogens is 227 g/mol. The Morgan fingerprint density at radius 1 is 1.28 bits per heavy atom. The minimum absolute atomic E-state index is 0.0631. The Hall–Kier alpha value is -1.09. The van der Waals surface area contributed by atoms with Gasteiger partial charge in [0.1, 0.15) is 5.82 Å². The highest BCUT2D eigenvalue weighted by Crippen LogP contribution is 2.30. The van der Waals surface area contributed by atoms with Gasteiger partial charge in [-0.25, -0.2) is 4.39 Å². The van der Waals surface area contributed by atoms with Crippen LogP contribution in [0.1, 0.15) is 44.7 Å². The summed E-state index contributed by atoms with van der Waals surface area (Å²) < 4.78 is 14.1. The van der Waals surface area contributed by atoms with Gasteiger partial charge in [0.2, 0.25) is 0 Å². The summed E-state index contributed by atoms with van der Waals surface area (Å²) in [7, 11) is 0. The third-order valence-corrected chi connectivity index (χ3v) is 3.67. The number of hydrogen-bond acceptors (Lipinski definition) is 2. The minimum atomic E-state index is -0.0912. The van der Waals surface area contributed by atoms with E-state index in [2.05, 4.69) is 23.2 Å². The van der Waals surface area contributed by atoms with Crippen LogP contribution >= 0.6 is 0 Å². The van der Waals surface area contributed by atoms with Crippen LogP contribution in [0.15, 0.2) is 18.2 Å². The lowest BCUT2D eigenvalue weighted by molar-refractivity contribution is 0.529. The summed E-state index contributed by atoms with van der Waals surface area (Å²) in [6.45, 7) is 7.05. The molecule has 0 radical (unpaired) electrons. The Labute approximate surface area is 109 Å². The van der Waals surface area contributed by atoms with E-state index in [9.17, 15) is 4.39 Å². The van der Waals surface area contributed by atoms with Gasteiger partial charge in [0.25, 0.3) is 0 Å². The number of hydrogen-bond donors (Lipinski definition) is 1. The Morgan fingerprint density at radius 3 is 2.67 bits per heavy atom. The summed E-state index contributed by atoms with van der Waals surface area (Å²) in [6, 6.07) is 5.50. The topological polar surface area (TPSA) is 15.3 Å². The Kier molecular flexibility index (Phi) is 4.59. The van der Waals surface area contributed by atoms with Gasteiger partial charge in [-0.3, -0.25) is 0 Å². The Bertz CT molecular complexity index is 386. The molecule has 2 nitrogen and oxygen atoms in total. The van der Waals surface area contributed by atoms with Gasteiger partial charge in [0, 0.05) is 30.4 Å². The fourth-order valence-corrected chi connectivity index (χ4v) is 2.77. The van der Waals surface area contributed by atoms with Crippen LogP contribution in [-0.4, -0.2) is 19.6 Å². The molecule has 1 aromatic rings. The molecule has 2 rings (SSSR count). The van der Waals surface area contributed by atoms with E-state index in [1.165, 1.54) is 19.3 Å². The van der Waals surface area contributed by atoms with E-state index < -0.39 is 0 Å². The van der Waals surface area contributed by atoms with Crippen molar-refractivity contribution in [2.75, 3.05) is 24.5 Å². The molecule has 1 unspecified atom stereocenters. The van der Waals surface area contributed by atoms with E-state index in [0.717, 1.165) is 30.9 Å². The fraction of sp³-hybridized carbons (Fsp3) is 0.600. The van der Waals surface area contributed by atoms with Crippen LogP contribution in [-0.2, 0) is 0 Å². The quantitative estimate of drug-likeness (QED) is 0.880. The number of nitrogens with one attached hydrogen (secondary N) is 1. The van der Waals surface area contributed by atoms with Crippen LogP contribution in [0.3, 0.4) is 0 Å². The molecule has 0 amide bonds. The zero-order chi connectivity index (χ0) is 13.0. The summed E-state index contributed by atoms with van der Waals surface area (Å²) in [5.41, 5.74) is 1.89. The average Bonchev–Trinajstić information content (AvgIpc) is 2.39. The van der Waals surface area contributed by atoms with Crippen LogP contribution in [0.4, 0.5) is 10.1 Å². The molecule has 1 atom stereocenters. The third-order valence-electron chi connectivity index (χ3n) is 3.67. The van der Waals surface area contributed by atoms with E-state index in [4.69, 9.17) is 0 Å². The first-order chi connectivity index (χ1) is 8.74. The van der Waals surface area contributed by atoms with Gasteiger partial charge in [0.15, 0.2) is 0 Å². The molecule has 1 aliphatic rings. The lowest BCUT2D eigenvalue weighted by Crippen LogP contribution is -2.32. The first-order valence-corrected chi connectivity index (χ1v) is 7.00. The zero-order valence-electron chi connectivity index (χ0n) is 11.4. The molecule has 0 aliphatic carbocycles. The van der Waals surface area contributed by atoms with Crippen LogP contribution in [0.5, 0.6) is 0 Å². The molecule has 0 spiro atoms. The highest BCUT2D eigenvalue weighted by Gasteiger charge is 2.20. The average molecular weight is 250 g/mol. The van der Waals surface area contributed by atoms with Crippen molar-refractivity contribution in [2.45, 2.75) is 39.2 Å². The summed E-state index contributed by atoms with van der Waals surface area (Å²) in [6.07, 6.45) is 3.72. The molecule has 1 saturated heterocycles. The van der Waals surface area contributed by atoms with Crippen LogP contribution in [0, 0.1) is 5.82 Å². The van der Waals surface area contributed by atoms with Gasteiger partial charge < -0.3 is 10.2 Å². The smallest absolute Gasteiger partial charge is 0.130 e. The minimum Gasteiger partial charge on any atom is -0.371 e. The van der Waals surface area contributed by atoms with Crippen molar-refractivity contribution in [1.29, 1.82) is 0 Å². The zero-order valence-corrected chi connectivity index (χ0v) is 11.4. The molecule has 0 saturated carbocycles. The van der Waals surface area contributed by atoms with E-state index >= 15 is 0 Å². The number of nitrogens with zero attached hydrogens (tertiary/aromatic N) is 1. The standard InChI is InChI=1S/C15H23FN2/c1-3-17-12(2)15-13(16)8-7-9-14(15)18-10-5-4-6-11-18/h7-9,12,17H,3-6,10-11H2,1-2H3. The van der Waals surface area contributed by atoms with Crippen molar-refractivity contribution in [2.24, 2.45) is 0 Å². The maximum Gasteiger partial charge on any atom is 0.130 e. The molecular formula is C15H23FN2. The maximum atomic E-state index is 14.1. The lowest BCUT2D eigenvalue weighted by atomic mass is 10.0. The van der Waals surface area contributed by atoms with Crippen molar-refractivity contribution >= 4 is 5.69 Å². The summed E-state index contributed by atoms with van der Waals surface area (Å²) in [5, 5.41) is 3.32. The van der Waals surface area contributed by atoms with E-state index in [0.29, 0.717) is 0 Å². The predicted octanol–water partition coefficient (Wildman–Crippen LogP) is 3.49. The van der Waals surface area contributed by atoms with Gasteiger partial charge in [-0.2, -0.15) is 0 Å². The van der Waals surface area contributed by atoms with E-state index in [-0.39, 0.29) is 11.9 Å². The predicted molar refractivity (Wildman–Crippen MR) is 74.6 cm³/mol. The highest BCUT2D eigenvalue weighted by molar-refractivity contribution is 5.55. The van der Waals surface area contributed by atoms with E-state index in [1.54, 1.807) is 6.07 Å². The second kappa shape index (κ2) is 6.19. The number of anilines is 1. The number of rotatable bonds is 4. The van der Waals surface area contributed by atoms with Crippen molar-refractivity contribution in [3.63, 3.8) is 0 Å².